The molecule has 0 saturated heterocycles. The summed E-state index contributed by atoms with van der Waals surface area (Å²) in [5.74, 6) is 0.0351. The van der Waals surface area contributed by atoms with Gasteiger partial charge in [-0.3, -0.25) is 14.4 Å². The SMILES string of the molecule is CCN(Cc1ccc(C(=O)Nc2ccc(NS(=O)(=O)CC)c(OC)c2)cc1)C(C)C. The van der Waals surface area contributed by atoms with Crippen molar-refractivity contribution in [2.45, 2.75) is 40.3 Å². The number of rotatable bonds is 10. The summed E-state index contributed by atoms with van der Waals surface area (Å²) in [5, 5.41) is 2.82. The lowest BCUT2D eigenvalue weighted by Crippen LogP contribution is -2.29. The fourth-order valence-electron chi connectivity index (χ4n) is 2.95. The number of anilines is 2. The Hall–Kier alpha value is -2.58. The van der Waals surface area contributed by atoms with Crippen molar-refractivity contribution in [3.8, 4) is 5.75 Å². The summed E-state index contributed by atoms with van der Waals surface area (Å²) in [4.78, 5) is 14.9. The highest BCUT2D eigenvalue weighted by molar-refractivity contribution is 7.92. The molecule has 0 aliphatic rings. The van der Waals surface area contributed by atoms with Crippen molar-refractivity contribution < 1.29 is 17.9 Å². The van der Waals surface area contributed by atoms with E-state index in [0.717, 1.165) is 18.7 Å². The minimum absolute atomic E-state index is 0.0438. The van der Waals surface area contributed by atoms with E-state index in [2.05, 4.69) is 35.7 Å². The Labute approximate surface area is 179 Å². The van der Waals surface area contributed by atoms with Crippen LogP contribution in [0.4, 0.5) is 11.4 Å². The van der Waals surface area contributed by atoms with Gasteiger partial charge in [-0.1, -0.05) is 19.1 Å². The molecule has 0 saturated carbocycles. The van der Waals surface area contributed by atoms with E-state index in [-0.39, 0.29) is 11.7 Å². The topological polar surface area (TPSA) is 87.7 Å². The van der Waals surface area contributed by atoms with Gasteiger partial charge >= 0.3 is 0 Å². The second kappa shape index (κ2) is 10.4. The molecule has 0 fully saturated rings. The number of nitrogens with zero attached hydrogens (tertiary/aromatic N) is 1. The Morgan fingerprint density at radius 3 is 2.30 bits per heavy atom. The van der Waals surface area contributed by atoms with E-state index in [1.807, 2.05) is 12.1 Å². The lowest BCUT2D eigenvalue weighted by molar-refractivity contribution is 0.102. The second-order valence-corrected chi connectivity index (χ2v) is 9.24. The van der Waals surface area contributed by atoms with Crippen LogP contribution in [0, 0.1) is 0 Å². The van der Waals surface area contributed by atoms with E-state index < -0.39 is 10.0 Å². The molecule has 7 nitrogen and oxygen atoms in total. The number of amides is 1. The monoisotopic (exact) mass is 433 g/mol. The third-order valence-electron chi connectivity index (χ3n) is 4.84. The maximum atomic E-state index is 12.6. The van der Waals surface area contributed by atoms with E-state index in [1.54, 1.807) is 37.3 Å². The number of benzene rings is 2. The molecule has 8 heteroatoms. The summed E-state index contributed by atoms with van der Waals surface area (Å²) in [6.07, 6.45) is 0. The van der Waals surface area contributed by atoms with Crippen molar-refractivity contribution in [2.75, 3.05) is 29.4 Å². The Morgan fingerprint density at radius 1 is 1.10 bits per heavy atom. The number of hydrogen-bond acceptors (Lipinski definition) is 5. The molecule has 0 heterocycles. The van der Waals surface area contributed by atoms with Gasteiger partial charge in [-0.05, 0) is 57.1 Å². The second-order valence-electron chi connectivity index (χ2n) is 7.23. The first-order valence-electron chi connectivity index (χ1n) is 10.0. The lowest BCUT2D eigenvalue weighted by atomic mass is 10.1. The number of nitrogens with one attached hydrogen (secondary N) is 2. The van der Waals surface area contributed by atoms with Gasteiger partial charge in [0.15, 0.2) is 0 Å². The van der Waals surface area contributed by atoms with Gasteiger partial charge in [-0.2, -0.15) is 0 Å². The van der Waals surface area contributed by atoms with Crippen LogP contribution in [-0.2, 0) is 16.6 Å². The Kier molecular flexibility index (Phi) is 8.25. The molecule has 2 rings (SSSR count). The van der Waals surface area contributed by atoms with Crippen molar-refractivity contribution in [2.24, 2.45) is 0 Å². The number of carbonyl (C=O) groups is 1. The average molecular weight is 434 g/mol. The normalized spacial score (nSPS) is 11.6. The van der Waals surface area contributed by atoms with Crippen molar-refractivity contribution in [1.29, 1.82) is 0 Å². The van der Waals surface area contributed by atoms with Gasteiger partial charge in [0, 0.05) is 29.9 Å². The van der Waals surface area contributed by atoms with E-state index in [4.69, 9.17) is 4.74 Å². The van der Waals surface area contributed by atoms with Crippen LogP contribution in [0.3, 0.4) is 0 Å². The van der Waals surface area contributed by atoms with Crippen LogP contribution < -0.4 is 14.8 Å². The highest BCUT2D eigenvalue weighted by Gasteiger charge is 2.14. The molecule has 30 heavy (non-hydrogen) atoms. The van der Waals surface area contributed by atoms with Gasteiger partial charge in [0.2, 0.25) is 10.0 Å². The summed E-state index contributed by atoms with van der Waals surface area (Å²) >= 11 is 0. The molecule has 0 spiro atoms. The molecular weight excluding hydrogens is 402 g/mol. The van der Waals surface area contributed by atoms with E-state index >= 15 is 0 Å². The standard InChI is InChI=1S/C22H31N3O4S/c1-6-25(16(3)4)15-17-8-10-18(11-9-17)22(26)23-19-12-13-20(21(14-19)29-5)24-30(27,28)7-2/h8-14,16,24H,6-7,15H2,1-5H3,(H,23,26). The fourth-order valence-corrected chi connectivity index (χ4v) is 3.60. The van der Waals surface area contributed by atoms with E-state index in [9.17, 15) is 13.2 Å². The van der Waals surface area contributed by atoms with Crippen LogP contribution >= 0.6 is 0 Å². The number of hydrogen-bond donors (Lipinski definition) is 2. The van der Waals surface area contributed by atoms with Crippen molar-refractivity contribution in [3.05, 3.63) is 53.6 Å². The smallest absolute Gasteiger partial charge is 0.255 e. The quantitative estimate of drug-likeness (QED) is 0.593. The minimum Gasteiger partial charge on any atom is -0.494 e. The van der Waals surface area contributed by atoms with Gasteiger partial charge in [-0.25, -0.2) is 8.42 Å². The summed E-state index contributed by atoms with van der Waals surface area (Å²) < 4.78 is 31.3. The van der Waals surface area contributed by atoms with Crippen molar-refractivity contribution in [1.82, 2.24) is 4.90 Å². The van der Waals surface area contributed by atoms with Crippen LogP contribution in [0.15, 0.2) is 42.5 Å². The molecule has 2 N–H and O–H groups in total. The molecular formula is C22H31N3O4S. The molecule has 1 amide bonds. The third-order valence-corrected chi connectivity index (χ3v) is 6.13. The summed E-state index contributed by atoms with van der Waals surface area (Å²) in [7, 11) is -1.98. The fraction of sp³-hybridized carbons (Fsp3) is 0.409. The Morgan fingerprint density at radius 2 is 1.77 bits per heavy atom. The molecule has 164 valence electrons. The zero-order chi connectivity index (χ0) is 22.3. The van der Waals surface area contributed by atoms with Gasteiger partial charge in [0.1, 0.15) is 5.75 Å². The first kappa shape index (κ1) is 23.7. The molecule has 0 atom stereocenters. The zero-order valence-electron chi connectivity index (χ0n) is 18.2. The molecule has 0 aliphatic carbocycles. The summed E-state index contributed by atoms with van der Waals surface area (Å²) in [6, 6.07) is 12.8. The number of sulfonamides is 1. The molecule has 2 aromatic rings. The highest BCUT2D eigenvalue weighted by atomic mass is 32.2. The molecule has 0 aromatic heterocycles. The lowest BCUT2D eigenvalue weighted by Gasteiger charge is -2.24. The Balaban J connectivity index is 2.10. The highest BCUT2D eigenvalue weighted by Crippen LogP contribution is 2.29. The molecule has 0 aliphatic heterocycles. The molecule has 2 aromatic carbocycles. The number of methoxy groups -OCH3 is 1. The largest absolute Gasteiger partial charge is 0.494 e. The van der Waals surface area contributed by atoms with Crippen LogP contribution in [0.5, 0.6) is 5.75 Å². The maximum Gasteiger partial charge on any atom is 0.255 e. The molecule has 0 bridgehead atoms. The van der Waals surface area contributed by atoms with Crippen LogP contribution in [-0.4, -0.2) is 44.7 Å². The van der Waals surface area contributed by atoms with Crippen LogP contribution in [0.25, 0.3) is 0 Å². The minimum atomic E-state index is -3.43. The van der Waals surface area contributed by atoms with Crippen molar-refractivity contribution >= 4 is 27.3 Å². The van der Waals surface area contributed by atoms with Gasteiger partial charge < -0.3 is 10.1 Å². The van der Waals surface area contributed by atoms with Crippen molar-refractivity contribution in [3.63, 3.8) is 0 Å². The summed E-state index contributed by atoms with van der Waals surface area (Å²) in [5.41, 5.74) is 2.53. The first-order chi connectivity index (χ1) is 14.2. The third kappa shape index (κ3) is 6.47. The number of ether oxygens (including phenoxy) is 1. The van der Waals surface area contributed by atoms with Crippen LogP contribution in [0.1, 0.15) is 43.6 Å². The predicted octanol–water partition coefficient (Wildman–Crippen LogP) is 3.94. The number of carbonyl (C=O) groups excluding carboxylic acids is 1. The predicted molar refractivity (Wildman–Crippen MR) is 122 cm³/mol. The maximum absolute atomic E-state index is 12.6. The van der Waals surface area contributed by atoms with Crippen LogP contribution in [0.2, 0.25) is 0 Å². The summed E-state index contributed by atoms with van der Waals surface area (Å²) in [6.45, 7) is 9.82. The molecule has 0 unspecified atom stereocenters. The molecule has 0 radical (unpaired) electrons. The Bertz CT molecular complexity index is 957. The van der Waals surface area contributed by atoms with E-state index in [1.165, 1.54) is 7.11 Å². The van der Waals surface area contributed by atoms with Gasteiger partial charge in [0.05, 0.1) is 18.6 Å². The zero-order valence-corrected chi connectivity index (χ0v) is 19.0. The average Bonchev–Trinajstić information content (AvgIpc) is 2.73. The van der Waals surface area contributed by atoms with Gasteiger partial charge in [-0.15, -0.1) is 0 Å². The van der Waals surface area contributed by atoms with Gasteiger partial charge in [0.25, 0.3) is 5.91 Å². The van der Waals surface area contributed by atoms with E-state index in [0.29, 0.717) is 28.7 Å². The first-order valence-corrected chi connectivity index (χ1v) is 11.7.